The van der Waals surface area contributed by atoms with Crippen molar-refractivity contribution >= 4 is 11.8 Å². The first-order valence-corrected chi connectivity index (χ1v) is 6.35. The molecule has 2 aromatic rings. The maximum atomic E-state index is 13.3. The Morgan fingerprint density at radius 2 is 2.00 bits per heavy atom. The first-order chi connectivity index (χ1) is 10.0. The third-order valence-electron chi connectivity index (χ3n) is 3.34. The molecule has 1 aliphatic heterocycles. The highest BCUT2D eigenvalue weighted by molar-refractivity contribution is 6.12. The lowest BCUT2D eigenvalue weighted by molar-refractivity contribution is -0.136. The quantitative estimate of drug-likeness (QED) is 0.921. The Hall–Kier alpha value is -2.69. The van der Waals surface area contributed by atoms with Crippen LogP contribution >= 0.6 is 0 Å². The molecule has 0 fully saturated rings. The van der Waals surface area contributed by atoms with E-state index >= 15 is 0 Å². The zero-order chi connectivity index (χ0) is 15.0. The van der Waals surface area contributed by atoms with Crippen molar-refractivity contribution in [3.05, 3.63) is 64.5 Å². The molecule has 3 rings (SSSR count). The van der Waals surface area contributed by atoms with E-state index in [1.807, 2.05) is 0 Å². The third kappa shape index (κ3) is 2.50. The van der Waals surface area contributed by atoms with Gasteiger partial charge in [-0.2, -0.15) is 0 Å². The Bertz CT molecular complexity index is 752. The van der Waals surface area contributed by atoms with Gasteiger partial charge in [0.2, 0.25) is 0 Å². The van der Waals surface area contributed by atoms with Gasteiger partial charge in [0.15, 0.2) is 5.78 Å². The van der Waals surface area contributed by atoms with Crippen molar-refractivity contribution in [1.29, 1.82) is 0 Å². The van der Waals surface area contributed by atoms with Crippen molar-refractivity contribution in [1.82, 2.24) is 0 Å². The van der Waals surface area contributed by atoms with Crippen LogP contribution in [0.2, 0.25) is 0 Å². The highest BCUT2D eigenvalue weighted by atomic mass is 19.1. The van der Waals surface area contributed by atoms with Gasteiger partial charge >= 0.3 is 5.97 Å². The smallest absolute Gasteiger partial charge is 0.307 e. The minimum Gasteiger partial charge on any atom is -0.488 e. The summed E-state index contributed by atoms with van der Waals surface area (Å²) in [6.45, 7) is 0.101. The molecule has 0 amide bonds. The van der Waals surface area contributed by atoms with Crippen molar-refractivity contribution < 1.29 is 23.8 Å². The SMILES string of the molecule is O=C(O)Cc1ccc2c(c1)C(=O)c1ccc(F)cc1CO2. The molecule has 1 aliphatic rings. The van der Waals surface area contributed by atoms with E-state index in [0.29, 0.717) is 28.0 Å². The molecule has 1 N–H and O–H groups in total. The van der Waals surface area contributed by atoms with Crippen LogP contribution in [0.4, 0.5) is 4.39 Å². The molecule has 0 saturated carbocycles. The minimum atomic E-state index is -0.973. The average molecular weight is 286 g/mol. The number of aliphatic carboxylic acids is 1. The monoisotopic (exact) mass is 286 g/mol. The van der Waals surface area contributed by atoms with Gasteiger partial charge in [-0.1, -0.05) is 6.07 Å². The average Bonchev–Trinajstić information content (AvgIpc) is 2.56. The van der Waals surface area contributed by atoms with Crippen molar-refractivity contribution in [3.8, 4) is 5.75 Å². The summed E-state index contributed by atoms with van der Waals surface area (Å²) in [4.78, 5) is 23.3. The predicted molar refractivity (Wildman–Crippen MR) is 71.9 cm³/mol. The van der Waals surface area contributed by atoms with Crippen LogP contribution in [0.25, 0.3) is 0 Å². The standard InChI is InChI=1S/C16H11FO4/c17-11-2-3-12-10(7-11)8-21-14-4-1-9(6-15(18)19)5-13(14)16(12)20/h1-5,7H,6,8H2,(H,18,19). The predicted octanol–water partition coefficient (Wildman–Crippen LogP) is 2.58. The van der Waals surface area contributed by atoms with Gasteiger partial charge in [-0.25, -0.2) is 4.39 Å². The summed E-state index contributed by atoms with van der Waals surface area (Å²) in [5.41, 5.74) is 1.68. The van der Waals surface area contributed by atoms with E-state index in [-0.39, 0.29) is 18.8 Å². The van der Waals surface area contributed by atoms with E-state index in [4.69, 9.17) is 9.84 Å². The minimum absolute atomic E-state index is 0.101. The Balaban J connectivity index is 2.08. The number of fused-ring (bicyclic) bond motifs is 2. The van der Waals surface area contributed by atoms with E-state index in [1.54, 1.807) is 12.1 Å². The van der Waals surface area contributed by atoms with Crippen LogP contribution in [0.5, 0.6) is 5.75 Å². The normalized spacial score (nSPS) is 12.9. The van der Waals surface area contributed by atoms with Crippen LogP contribution in [0, 0.1) is 5.82 Å². The molecule has 0 saturated heterocycles. The van der Waals surface area contributed by atoms with Gasteiger partial charge in [-0.15, -0.1) is 0 Å². The fourth-order valence-corrected chi connectivity index (χ4v) is 2.37. The largest absolute Gasteiger partial charge is 0.488 e. The third-order valence-corrected chi connectivity index (χ3v) is 3.34. The number of carboxylic acids is 1. The van der Waals surface area contributed by atoms with Gasteiger partial charge in [0.05, 0.1) is 12.0 Å². The Labute approximate surface area is 119 Å². The van der Waals surface area contributed by atoms with Gasteiger partial charge in [0.1, 0.15) is 18.2 Å². The Kier molecular flexibility index (Phi) is 3.17. The van der Waals surface area contributed by atoms with Crippen molar-refractivity contribution in [3.63, 3.8) is 0 Å². The van der Waals surface area contributed by atoms with E-state index in [9.17, 15) is 14.0 Å². The number of carbonyl (C=O) groups excluding carboxylic acids is 1. The van der Waals surface area contributed by atoms with Crippen LogP contribution < -0.4 is 4.74 Å². The number of carbonyl (C=O) groups is 2. The molecule has 0 aliphatic carbocycles. The fourth-order valence-electron chi connectivity index (χ4n) is 2.37. The van der Waals surface area contributed by atoms with E-state index in [0.717, 1.165) is 0 Å². The molecular formula is C16H11FO4. The van der Waals surface area contributed by atoms with Crippen LogP contribution in [0.3, 0.4) is 0 Å². The number of ketones is 1. The second kappa shape index (κ2) is 5.01. The molecule has 1 heterocycles. The molecule has 0 spiro atoms. The maximum absolute atomic E-state index is 13.3. The van der Waals surface area contributed by atoms with Crippen LogP contribution in [0.1, 0.15) is 27.0 Å². The molecular weight excluding hydrogens is 275 g/mol. The molecule has 0 radical (unpaired) electrons. The molecule has 4 nitrogen and oxygen atoms in total. The topological polar surface area (TPSA) is 63.6 Å². The molecule has 2 aromatic carbocycles. The number of halogens is 1. The molecule has 0 bridgehead atoms. The number of carboxylic acid groups (broad SMARTS) is 1. The van der Waals surface area contributed by atoms with Crippen LogP contribution in [-0.2, 0) is 17.8 Å². The Morgan fingerprint density at radius 1 is 1.19 bits per heavy atom. The first kappa shape index (κ1) is 13.3. The summed E-state index contributed by atoms with van der Waals surface area (Å²) in [5.74, 6) is -1.31. The number of benzene rings is 2. The lowest BCUT2D eigenvalue weighted by Gasteiger charge is -2.07. The van der Waals surface area contributed by atoms with Gasteiger partial charge in [-0.3, -0.25) is 9.59 Å². The van der Waals surface area contributed by atoms with Crippen molar-refractivity contribution in [2.45, 2.75) is 13.0 Å². The summed E-state index contributed by atoms with van der Waals surface area (Å²) >= 11 is 0. The van der Waals surface area contributed by atoms with Gasteiger partial charge < -0.3 is 9.84 Å². The second-order valence-corrected chi connectivity index (χ2v) is 4.82. The summed E-state index contributed by atoms with van der Waals surface area (Å²) in [6.07, 6.45) is -0.170. The van der Waals surface area contributed by atoms with Gasteiger partial charge in [-0.05, 0) is 35.9 Å². The molecule has 0 aromatic heterocycles. The molecule has 5 heteroatoms. The maximum Gasteiger partial charge on any atom is 0.307 e. The fraction of sp³-hybridized carbons (Fsp3) is 0.125. The highest BCUT2D eigenvalue weighted by Crippen LogP contribution is 2.29. The summed E-state index contributed by atoms with van der Waals surface area (Å²) in [7, 11) is 0. The van der Waals surface area contributed by atoms with E-state index in [2.05, 4.69) is 0 Å². The first-order valence-electron chi connectivity index (χ1n) is 6.35. The van der Waals surface area contributed by atoms with E-state index in [1.165, 1.54) is 24.3 Å². The zero-order valence-corrected chi connectivity index (χ0v) is 10.9. The number of hydrogen-bond acceptors (Lipinski definition) is 3. The lowest BCUT2D eigenvalue weighted by Crippen LogP contribution is -2.05. The second-order valence-electron chi connectivity index (χ2n) is 4.82. The van der Waals surface area contributed by atoms with Crippen LogP contribution in [0.15, 0.2) is 36.4 Å². The van der Waals surface area contributed by atoms with E-state index < -0.39 is 11.8 Å². The highest BCUT2D eigenvalue weighted by Gasteiger charge is 2.23. The van der Waals surface area contributed by atoms with Crippen LogP contribution in [-0.4, -0.2) is 16.9 Å². The summed E-state index contributed by atoms with van der Waals surface area (Å²) in [6, 6.07) is 8.63. The summed E-state index contributed by atoms with van der Waals surface area (Å²) in [5, 5.41) is 8.82. The molecule has 0 unspecified atom stereocenters. The molecule has 0 atom stereocenters. The Morgan fingerprint density at radius 3 is 2.76 bits per heavy atom. The van der Waals surface area contributed by atoms with Gasteiger partial charge in [0.25, 0.3) is 0 Å². The number of ether oxygens (including phenoxy) is 1. The van der Waals surface area contributed by atoms with Crippen molar-refractivity contribution in [2.24, 2.45) is 0 Å². The van der Waals surface area contributed by atoms with Crippen molar-refractivity contribution in [2.75, 3.05) is 0 Å². The lowest BCUT2D eigenvalue weighted by atomic mass is 9.97. The number of hydrogen-bond donors (Lipinski definition) is 1. The zero-order valence-electron chi connectivity index (χ0n) is 10.9. The number of rotatable bonds is 2. The van der Waals surface area contributed by atoms with Gasteiger partial charge in [0, 0.05) is 11.1 Å². The summed E-state index contributed by atoms with van der Waals surface area (Å²) < 4.78 is 18.8. The molecule has 21 heavy (non-hydrogen) atoms. The molecule has 106 valence electrons.